The van der Waals surface area contributed by atoms with Crippen LogP contribution >= 0.6 is 0 Å². The van der Waals surface area contributed by atoms with E-state index >= 15 is 0 Å². The smallest absolute Gasteiger partial charge is 0.243 e. The molecule has 0 bridgehead atoms. The van der Waals surface area contributed by atoms with Crippen molar-refractivity contribution in [1.29, 1.82) is 0 Å². The van der Waals surface area contributed by atoms with E-state index in [2.05, 4.69) is 9.71 Å². The minimum atomic E-state index is -3.84. The summed E-state index contributed by atoms with van der Waals surface area (Å²) in [6, 6.07) is 5.11. The highest BCUT2D eigenvalue weighted by Crippen LogP contribution is 2.23. The Bertz CT molecular complexity index is 685. The van der Waals surface area contributed by atoms with Crippen molar-refractivity contribution in [3.05, 3.63) is 41.9 Å². The Labute approximate surface area is 116 Å². The minimum Gasteiger partial charge on any atom is -0.335 e. The highest BCUT2D eigenvalue weighted by molar-refractivity contribution is 7.89. The summed E-state index contributed by atoms with van der Waals surface area (Å²) in [6.07, 6.45) is 4.28. The molecule has 2 aliphatic rings. The zero-order valence-corrected chi connectivity index (χ0v) is 11.5. The van der Waals surface area contributed by atoms with Crippen LogP contribution in [0.25, 0.3) is 0 Å². The standard InChI is InChI=1S/C13H14FN3O2S/c14-12-3-1-2-4-13(12)20(18,19)16-10-7-11-5-6-15-9-17(11)8-10/h1-5,9-10,16H,6-8H2/t10-/m0/s1. The van der Waals surface area contributed by atoms with Crippen molar-refractivity contribution in [3.8, 4) is 0 Å². The fraction of sp³-hybridized carbons (Fsp3) is 0.308. The highest BCUT2D eigenvalue weighted by atomic mass is 32.2. The quantitative estimate of drug-likeness (QED) is 0.908. The number of sulfonamides is 1. The molecule has 0 radical (unpaired) electrons. The van der Waals surface area contributed by atoms with Gasteiger partial charge in [-0.2, -0.15) is 0 Å². The van der Waals surface area contributed by atoms with E-state index in [1.165, 1.54) is 18.2 Å². The van der Waals surface area contributed by atoms with Gasteiger partial charge in [-0.05, 0) is 18.2 Å². The summed E-state index contributed by atoms with van der Waals surface area (Å²) in [4.78, 5) is 5.71. The average molecular weight is 295 g/mol. The van der Waals surface area contributed by atoms with Crippen LogP contribution in [0.5, 0.6) is 0 Å². The summed E-state index contributed by atoms with van der Waals surface area (Å²) >= 11 is 0. The number of rotatable bonds is 3. The van der Waals surface area contributed by atoms with Crippen molar-refractivity contribution in [2.75, 3.05) is 13.1 Å². The molecule has 0 amide bonds. The second-order valence-electron chi connectivity index (χ2n) is 4.78. The second kappa shape index (κ2) is 4.99. The molecular weight excluding hydrogens is 281 g/mol. The predicted octanol–water partition coefficient (Wildman–Crippen LogP) is 1.10. The van der Waals surface area contributed by atoms with Gasteiger partial charge in [0, 0.05) is 24.7 Å². The van der Waals surface area contributed by atoms with E-state index in [9.17, 15) is 12.8 Å². The SMILES string of the molecule is O=S(=O)(N[C@H]1CC2=CCN=CN2C1)c1ccccc1F. The molecule has 1 N–H and O–H groups in total. The lowest BCUT2D eigenvalue weighted by Gasteiger charge is -2.16. The Morgan fingerprint density at radius 2 is 2.15 bits per heavy atom. The molecule has 0 spiro atoms. The molecule has 0 aromatic heterocycles. The van der Waals surface area contributed by atoms with E-state index in [1.54, 1.807) is 6.34 Å². The van der Waals surface area contributed by atoms with Crippen LogP contribution in [0.4, 0.5) is 4.39 Å². The van der Waals surface area contributed by atoms with E-state index in [0.717, 1.165) is 11.8 Å². The molecule has 3 rings (SSSR count). The van der Waals surface area contributed by atoms with Crippen LogP contribution in [0.1, 0.15) is 6.42 Å². The molecule has 2 aliphatic heterocycles. The van der Waals surface area contributed by atoms with Gasteiger partial charge in [0.2, 0.25) is 10.0 Å². The number of aliphatic imine (C=N–C) groups is 1. The van der Waals surface area contributed by atoms with Gasteiger partial charge in [0.1, 0.15) is 10.7 Å². The maximum Gasteiger partial charge on any atom is 0.243 e. The van der Waals surface area contributed by atoms with Gasteiger partial charge >= 0.3 is 0 Å². The van der Waals surface area contributed by atoms with Crippen molar-refractivity contribution in [1.82, 2.24) is 9.62 Å². The molecule has 0 saturated carbocycles. The summed E-state index contributed by atoms with van der Waals surface area (Å²) in [5.41, 5.74) is 1.06. The monoisotopic (exact) mass is 295 g/mol. The largest absolute Gasteiger partial charge is 0.335 e. The zero-order valence-electron chi connectivity index (χ0n) is 10.7. The molecule has 7 heteroatoms. The topological polar surface area (TPSA) is 61.8 Å². The predicted molar refractivity (Wildman–Crippen MR) is 73.3 cm³/mol. The Hall–Kier alpha value is -1.73. The Kier molecular flexibility index (Phi) is 3.31. The Balaban J connectivity index is 1.78. The van der Waals surface area contributed by atoms with Crippen LogP contribution in [0.2, 0.25) is 0 Å². The third-order valence-corrected chi connectivity index (χ3v) is 4.90. The third kappa shape index (κ3) is 2.46. The molecule has 1 aromatic carbocycles. The van der Waals surface area contributed by atoms with Gasteiger partial charge in [0.15, 0.2) is 0 Å². The summed E-state index contributed by atoms with van der Waals surface area (Å²) in [7, 11) is -3.84. The first-order chi connectivity index (χ1) is 9.56. The van der Waals surface area contributed by atoms with Crippen molar-refractivity contribution < 1.29 is 12.8 Å². The number of halogens is 1. The third-order valence-electron chi connectivity index (χ3n) is 3.34. The van der Waals surface area contributed by atoms with Crippen LogP contribution in [-0.4, -0.2) is 38.8 Å². The normalized spacial score (nSPS) is 21.8. The van der Waals surface area contributed by atoms with Gasteiger partial charge in [-0.25, -0.2) is 17.5 Å². The minimum absolute atomic E-state index is 0.268. The zero-order chi connectivity index (χ0) is 14.2. The summed E-state index contributed by atoms with van der Waals surface area (Å²) in [5, 5.41) is 0. The van der Waals surface area contributed by atoms with Crippen molar-refractivity contribution in [2.45, 2.75) is 17.4 Å². The number of benzene rings is 1. The first-order valence-electron chi connectivity index (χ1n) is 6.29. The molecule has 0 aliphatic carbocycles. The van der Waals surface area contributed by atoms with Crippen molar-refractivity contribution >= 4 is 16.4 Å². The van der Waals surface area contributed by atoms with Crippen LogP contribution in [0.3, 0.4) is 0 Å². The van der Waals surface area contributed by atoms with Crippen LogP contribution in [0, 0.1) is 5.82 Å². The lowest BCUT2D eigenvalue weighted by atomic mass is 10.2. The molecule has 2 heterocycles. The molecule has 1 atom stereocenters. The lowest BCUT2D eigenvalue weighted by Crippen LogP contribution is -2.37. The average Bonchev–Trinajstić information content (AvgIpc) is 2.80. The Morgan fingerprint density at radius 1 is 1.35 bits per heavy atom. The summed E-state index contributed by atoms with van der Waals surface area (Å²) in [5.74, 6) is -0.739. The van der Waals surface area contributed by atoms with Crippen LogP contribution < -0.4 is 4.72 Å². The molecule has 1 aromatic rings. The Morgan fingerprint density at radius 3 is 2.90 bits per heavy atom. The first kappa shape index (κ1) is 13.3. The number of nitrogens with one attached hydrogen (secondary N) is 1. The van der Waals surface area contributed by atoms with Gasteiger partial charge in [0.25, 0.3) is 0 Å². The number of hydrogen-bond acceptors (Lipinski definition) is 4. The van der Waals surface area contributed by atoms with Crippen LogP contribution in [-0.2, 0) is 10.0 Å². The number of nitrogens with zero attached hydrogens (tertiary/aromatic N) is 2. The fourth-order valence-electron chi connectivity index (χ4n) is 2.44. The van der Waals surface area contributed by atoms with Gasteiger partial charge in [0.05, 0.1) is 12.9 Å². The molecule has 106 valence electrons. The highest BCUT2D eigenvalue weighted by Gasteiger charge is 2.31. The number of fused-ring (bicyclic) bond motifs is 1. The molecule has 0 unspecified atom stereocenters. The maximum absolute atomic E-state index is 13.6. The van der Waals surface area contributed by atoms with E-state index in [0.29, 0.717) is 19.5 Å². The molecule has 1 saturated heterocycles. The fourth-order valence-corrected chi connectivity index (χ4v) is 3.75. The van der Waals surface area contributed by atoms with Gasteiger partial charge < -0.3 is 4.90 Å². The van der Waals surface area contributed by atoms with E-state index < -0.39 is 15.8 Å². The van der Waals surface area contributed by atoms with Crippen molar-refractivity contribution in [2.24, 2.45) is 4.99 Å². The number of hydrogen-bond donors (Lipinski definition) is 1. The van der Waals surface area contributed by atoms with Gasteiger partial charge in [-0.1, -0.05) is 12.1 Å². The van der Waals surface area contributed by atoms with Crippen LogP contribution in [0.15, 0.2) is 45.9 Å². The molecule has 5 nitrogen and oxygen atoms in total. The molecule has 1 fully saturated rings. The van der Waals surface area contributed by atoms with Crippen molar-refractivity contribution in [3.63, 3.8) is 0 Å². The second-order valence-corrected chi connectivity index (χ2v) is 6.46. The van der Waals surface area contributed by atoms with E-state index in [1.807, 2.05) is 11.0 Å². The van der Waals surface area contributed by atoms with Gasteiger partial charge in [-0.15, -0.1) is 0 Å². The first-order valence-corrected chi connectivity index (χ1v) is 7.77. The van der Waals surface area contributed by atoms with E-state index in [-0.39, 0.29) is 10.9 Å². The summed E-state index contributed by atoms with van der Waals surface area (Å²) in [6.45, 7) is 1.14. The molecule has 20 heavy (non-hydrogen) atoms. The van der Waals surface area contributed by atoms with Gasteiger partial charge in [-0.3, -0.25) is 4.99 Å². The van der Waals surface area contributed by atoms with E-state index in [4.69, 9.17) is 0 Å². The summed E-state index contributed by atoms with van der Waals surface area (Å²) < 4.78 is 40.5. The lowest BCUT2D eigenvalue weighted by molar-refractivity contribution is 0.521. The molecular formula is C13H14FN3O2S. The maximum atomic E-state index is 13.6.